The van der Waals surface area contributed by atoms with E-state index in [1.807, 2.05) is 13.0 Å². The Labute approximate surface area is 102 Å². The van der Waals surface area contributed by atoms with Crippen molar-refractivity contribution in [2.75, 3.05) is 0 Å². The number of nitrogens with two attached hydrogens (primary N) is 1. The summed E-state index contributed by atoms with van der Waals surface area (Å²) in [6, 6.07) is 4.22. The van der Waals surface area contributed by atoms with Gasteiger partial charge in [-0.25, -0.2) is 0 Å². The van der Waals surface area contributed by atoms with Crippen molar-refractivity contribution in [3.63, 3.8) is 0 Å². The summed E-state index contributed by atoms with van der Waals surface area (Å²) in [6.07, 6.45) is 6.17. The molecule has 2 N–H and O–H groups in total. The van der Waals surface area contributed by atoms with Crippen LogP contribution in [0.15, 0.2) is 18.3 Å². The zero-order valence-corrected chi connectivity index (χ0v) is 10.4. The van der Waals surface area contributed by atoms with Crippen LogP contribution in [-0.4, -0.2) is 16.8 Å². The maximum absolute atomic E-state index is 12.1. The molecule has 0 fully saturated rings. The number of hydrogen-bond donors (Lipinski definition) is 1. The number of rotatable bonds is 5. The minimum Gasteiger partial charge on any atom is -0.328 e. The molecule has 0 bridgehead atoms. The van der Waals surface area contributed by atoms with Gasteiger partial charge in [-0.15, -0.1) is 0 Å². The molecule has 1 aliphatic rings. The molecule has 1 aromatic rings. The van der Waals surface area contributed by atoms with Gasteiger partial charge in [0.05, 0.1) is 11.6 Å². The Morgan fingerprint density at radius 2 is 2.47 bits per heavy atom. The summed E-state index contributed by atoms with van der Waals surface area (Å²) in [7, 11) is 0. The molecule has 3 heteroatoms. The fourth-order valence-corrected chi connectivity index (χ4v) is 2.50. The molecule has 0 amide bonds. The van der Waals surface area contributed by atoms with E-state index in [4.69, 9.17) is 5.73 Å². The zero-order valence-electron chi connectivity index (χ0n) is 10.4. The van der Waals surface area contributed by atoms with Gasteiger partial charge in [0.2, 0.25) is 0 Å². The summed E-state index contributed by atoms with van der Waals surface area (Å²) in [5.74, 6) is 0.377. The van der Waals surface area contributed by atoms with E-state index in [0.717, 1.165) is 31.4 Å². The molecule has 92 valence electrons. The Kier molecular flexibility index (Phi) is 3.89. The summed E-state index contributed by atoms with van der Waals surface area (Å²) >= 11 is 0. The summed E-state index contributed by atoms with van der Waals surface area (Å²) in [5.41, 5.74) is 7.95. The number of aromatic nitrogens is 1. The highest BCUT2D eigenvalue weighted by Crippen LogP contribution is 2.32. The van der Waals surface area contributed by atoms with Crippen LogP contribution in [0, 0.1) is 0 Å². The molecule has 3 nitrogen and oxygen atoms in total. The van der Waals surface area contributed by atoms with E-state index >= 15 is 0 Å². The first-order valence-electron chi connectivity index (χ1n) is 6.40. The highest BCUT2D eigenvalue weighted by Gasteiger charge is 2.28. The molecular formula is C14H20N2O. The average Bonchev–Trinajstić information content (AvgIpc) is 2.72. The molecule has 0 aromatic carbocycles. The van der Waals surface area contributed by atoms with Crippen molar-refractivity contribution in [3.8, 4) is 0 Å². The third-order valence-corrected chi connectivity index (χ3v) is 3.43. The van der Waals surface area contributed by atoms with E-state index in [1.165, 1.54) is 5.56 Å². The van der Waals surface area contributed by atoms with Gasteiger partial charge in [0.25, 0.3) is 0 Å². The molecule has 2 unspecified atom stereocenters. The van der Waals surface area contributed by atoms with Crippen molar-refractivity contribution in [1.82, 2.24) is 4.98 Å². The lowest BCUT2D eigenvalue weighted by molar-refractivity contribution is -0.120. The van der Waals surface area contributed by atoms with Crippen molar-refractivity contribution < 1.29 is 4.79 Å². The van der Waals surface area contributed by atoms with Crippen LogP contribution >= 0.6 is 0 Å². The van der Waals surface area contributed by atoms with E-state index in [-0.39, 0.29) is 12.0 Å². The second-order valence-corrected chi connectivity index (χ2v) is 4.97. The van der Waals surface area contributed by atoms with E-state index in [2.05, 4.69) is 11.1 Å². The lowest BCUT2D eigenvalue weighted by atomic mass is 9.96. The summed E-state index contributed by atoms with van der Waals surface area (Å²) in [6.45, 7) is 1.98. The molecule has 1 heterocycles. The van der Waals surface area contributed by atoms with E-state index < -0.39 is 0 Å². The van der Waals surface area contributed by atoms with Crippen LogP contribution in [0.25, 0.3) is 0 Å². The van der Waals surface area contributed by atoms with Gasteiger partial charge < -0.3 is 5.73 Å². The third-order valence-electron chi connectivity index (χ3n) is 3.43. The molecule has 0 aliphatic heterocycles. The average molecular weight is 232 g/mol. The number of Topliss-reactive ketones (excluding diaryl/α,β-unsaturated/α-hetero) is 1. The maximum atomic E-state index is 12.1. The van der Waals surface area contributed by atoms with Crippen LogP contribution < -0.4 is 5.73 Å². The highest BCUT2D eigenvalue weighted by atomic mass is 16.1. The number of aryl methyl sites for hydroxylation is 1. The van der Waals surface area contributed by atoms with Gasteiger partial charge in [-0.05, 0) is 44.2 Å². The Morgan fingerprint density at radius 3 is 3.24 bits per heavy atom. The van der Waals surface area contributed by atoms with Crippen LogP contribution in [0.1, 0.15) is 49.8 Å². The highest BCUT2D eigenvalue weighted by molar-refractivity contribution is 5.86. The second-order valence-electron chi connectivity index (χ2n) is 4.97. The summed E-state index contributed by atoms with van der Waals surface area (Å²) < 4.78 is 0. The minimum absolute atomic E-state index is 0.0410. The lowest BCUT2D eigenvalue weighted by Crippen LogP contribution is -2.16. The van der Waals surface area contributed by atoms with Crippen molar-refractivity contribution in [1.29, 1.82) is 0 Å². The zero-order chi connectivity index (χ0) is 12.3. The Bertz CT molecular complexity index is 401. The van der Waals surface area contributed by atoms with Gasteiger partial charge in [0.1, 0.15) is 5.78 Å². The minimum atomic E-state index is 0.0410. The van der Waals surface area contributed by atoms with Crippen LogP contribution in [-0.2, 0) is 11.2 Å². The molecule has 0 saturated heterocycles. The smallest absolute Gasteiger partial charge is 0.141 e. The molecule has 1 aromatic heterocycles. The Balaban J connectivity index is 1.93. The lowest BCUT2D eigenvalue weighted by Gasteiger charge is -2.10. The maximum Gasteiger partial charge on any atom is 0.141 e. The van der Waals surface area contributed by atoms with Crippen LogP contribution in [0.2, 0.25) is 0 Å². The van der Waals surface area contributed by atoms with Crippen molar-refractivity contribution >= 4 is 5.78 Å². The number of pyridine rings is 1. The summed E-state index contributed by atoms with van der Waals surface area (Å²) in [5, 5.41) is 0. The number of carbonyl (C=O) groups excluding carboxylic acids is 1. The van der Waals surface area contributed by atoms with E-state index in [9.17, 15) is 4.79 Å². The molecule has 1 aliphatic carbocycles. The number of nitrogens with zero attached hydrogens (tertiary/aromatic N) is 1. The van der Waals surface area contributed by atoms with Gasteiger partial charge in [-0.2, -0.15) is 0 Å². The topological polar surface area (TPSA) is 56.0 Å². The molecule has 0 spiro atoms. The summed E-state index contributed by atoms with van der Waals surface area (Å²) in [4.78, 5) is 16.5. The van der Waals surface area contributed by atoms with Gasteiger partial charge >= 0.3 is 0 Å². The molecule has 0 radical (unpaired) electrons. The van der Waals surface area contributed by atoms with Gasteiger partial charge in [-0.1, -0.05) is 6.07 Å². The van der Waals surface area contributed by atoms with Crippen molar-refractivity contribution in [3.05, 3.63) is 29.6 Å². The largest absolute Gasteiger partial charge is 0.328 e. The number of fused-ring (bicyclic) bond motifs is 1. The van der Waals surface area contributed by atoms with E-state index in [1.54, 1.807) is 6.20 Å². The molecule has 2 rings (SSSR count). The monoisotopic (exact) mass is 232 g/mol. The van der Waals surface area contributed by atoms with Gasteiger partial charge in [0, 0.05) is 18.7 Å². The third kappa shape index (κ3) is 2.91. The molecular weight excluding hydrogens is 212 g/mol. The van der Waals surface area contributed by atoms with Gasteiger partial charge in [-0.3, -0.25) is 9.78 Å². The predicted molar refractivity (Wildman–Crippen MR) is 67.8 cm³/mol. The number of carbonyl (C=O) groups is 1. The first kappa shape index (κ1) is 12.2. The number of ketones is 1. The second kappa shape index (κ2) is 5.41. The fraction of sp³-hybridized carbons (Fsp3) is 0.571. The molecule has 2 atom stereocenters. The van der Waals surface area contributed by atoms with Crippen LogP contribution in [0.3, 0.4) is 0 Å². The first-order chi connectivity index (χ1) is 8.18. The van der Waals surface area contributed by atoms with Crippen molar-refractivity contribution in [2.45, 2.75) is 51.0 Å². The van der Waals surface area contributed by atoms with Crippen molar-refractivity contribution in [2.24, 2.45) is 5.73 Å². The van der Waals surface area contributed by atoms with Gasteiger partial charge in [0.15, 0.2) is 0 Å². The molecule has 17 heavy (non-hydrogen) atoms. The standard InChI is InChI=1S/C14H20N2O/c1-10(15)4-2-6-13(17)12-8-7-11-5-3-9-16-14(11)12/h3,5,9-10,12H,2,4,6-8,15H2,1H3. The van der Waals surface area contributed by atoms with E-state index in [0.29, 0.717) is 12.2 Å². The predicted octanol–water partition coefficient (Wildman–Crippen LogP) is 2.20. The molecule has 0 saturated carbocycles. The Morgan fingerprint density at radius 1 is 1.65 bits per heavy atom. The normalized spacial score (nSPS) is 20.0. The van der Waals surface area contributed by atoms with Crippen LogP contribution in [0.4, 0.5) is 0 Å². The number of hydrogen-bond acceptors (Lipinski definition) is 3. The quantitative estimate of drug-likeness (QED) is 0.846. The Hall–Kier alpha value is -1.22. The fourth-order valence-electron chi connectivity index (χ4n) is 2.50. The van der Waals surface area contributed by atoms with Crippen LogP contribution in [0.5, 0.6) is 0 Å². The first-order valence-corrected chi connectivity index (χ1v) is 6.40. The SMILES string of the molecule is CC(N)CCCC(=O)C1CCc2cccnc21.